The van der Waals surface area contributed by atoms with E-state index in [9.17, 15) is 0 Å². The third-order valence-corrected chi connectivity index (χ3v) is 2.98. The molecule has 2 unspecified atom stereocenters. The molecule has 2 heteroatoms. The summed E-state index contributed by atoms with van der Waals surface area (Å²) in [7, 11) is 0. The predicted molar refractivity (Wildman–Crippen MR) is 63.6 cm³/mol. The molecule has 15 heavy (non-hydrogen) atoms. The van der Waals surface area contributed by atoms with Crippen LogP contribution in [-0.2, 0) is 4.74 Å². The SMILES string of the molecule is C#CC(C)(C)NC1CCOC(C(C)C)C1. The zero-order chi connectivity index (χ0) is 11.5. The molecule has 0 bridgehead atoms. The quantitative estimate of drug-likeness (QED) is 0.719. The molecule has 2 atom stereocenters. The van der Waals surface area contributed by atoms with E-state index in [0.29, 0.717) is 18.1 Å². The van der Waals surface area contributed by atoms with Gasteiger partial charge in [-0.2, -0.15) is 0 Å². The minimum absolute atomic E-state index is 0.205. The highest BCUT2D eigenvalue weighted by atomic mass is 16.5. The smallest absolute Gasteiger partial charge is 0.0743 e. The zero-order valence-corrected chi connectivity index (χ0v) is 10.3. The van der Waals surface area contributed by atoms with Gasteiger partial charge in [-0.15, -0.1) is 6.42 Å². The van der Waals surface area contributed by atoms with Crippen LogP contribution in [0.5, 0.6) is 0 Å². The van der Waals surface area contributed by atoms with Crippen LogP contribution < -0.4 is 5.32 Å². The van der Waals surface area contributed by atoms with Crippen LogP contribution in [-0.4, -0.2) is 24.3 Å². The second kappa shape index (κ2) is 5.01. The van der Waals surface area contributed by atoms with E-state index in [1.54, 1.807) is 0 Å². The van der Waals surface area contributed by atoms with Gasteiger partial charge in [-0.1, -0.05) is 19.8 Å². The van der Waals surface area contributed by atoms with Crippen molar-refractivity contribution in [2.24, 2.45) is 5.92 Å². The van der Waals surface area contributed by atoms with E-state index in [-0.39, 0.29) is 5.54 Å². The summed E-state index contributed by atoms with van der Waals surface area (Å²) in [6.45, 7) is 9.36. The van der Waals surface area contributed by atoms with Gasteiger partial charge in [0.25, 0.3) is 0 Å². The molecule has 86 valence electrons. The molecule has 1 heterocycles. The van der Waals surface area contributed by atoms with Gasteiger partial charge in [0.05, 0.1) is 11.6 Å². The van der Waals surface area contributed by atoms with Gasteiger partial charge in [0.15, 0.2) is 0 Å². The van der Waals surface area contributed by atoms with Crippen molar-refractivity contribution in [2.45, 2.75) is 58.2 Å². The summed E-state index contributed by atoms with van der Waals surface area (Å²) in [6, 6.07) is 0.497. The summed E-state index contributed by atoms with van der Waals surface area (Å²) >= 11 is 0. The van der Waals surface area contributed by atoms with Crippen LogP contribution in [0.2, 0.25) is 0 Å². The van der Waals surface area contributed by atoms with Crippen LogP contribution in [0.15, 0.2) is 0 Å². The molecule has 1 N–H and O–H groups in total. The monoisotopic (exact) mass is 209 g/mol. The molecule has 0 aliphatic carbocycles. The molecular weight excluding hydrogens is 186 g/mol. The maximum Gasteiger partial charge on any atom is 0.0743 e. The van der Waals surface area contributed by atoms with Crippen molar-refractivity contribution in [1.29, 1.82) is 0 Å². The largest absolute Gasteiger partial charge is 0.378 e. The van der Waals surface area contributed by atoms with Gasteiger partial charge >= 0.3 is 0 Å². The maximum atomic E-state index is 5.73. The highest BCUT2D eigenvalue weighted by Crippen LogP contribution is 2.21. The molecule has 0 aromatic heterocycles. The summed E-state index contributed by atoms with van der Waals surface area (Å²) in [5.41, 5.74) is -0.205. The van der Waals surface area contributed by atoms with Crippen molar-refractivity contribution < 1.29 is 4.74 Å². The molecule has 1 rings (SSSR count). The molecule has 0 saturated carbocycles. The summed E-state index contributed by atoms with van der Waals surface area (Å²) in [6.07, 6.45) is 7.99. The van der Waals surface area contributed by atoms with Gasteiger partial charge in [0.1, 0.15) is 0 Å². The van der Waals surface area contributed by atoms with E-state index in [2.05, 4.69) is 25.1 Å². The fourth-order valence-corrected chi connectivity index (χ4v) is 1.98. The Hall–Kier alpha value is -0.520. The van der Waals surface area contributed by atoms with Crippen LogP contribution in [0.25, 0.3) is 0 Å². The van der Waals surface area contributed by atoms with E-state index >= 15 is 0 Å². The number of terminal acetylenes is 1. The molecular formula is C13H23NO. The fourth-order valence-electron chi connectivity index (χ4n) is 1.98. The Morgan fingerprint density at radius 3 is 2.67 bits per heavy atom. The molecule has 1 aliphatic rings. The topological polar surface area (TPSA) is 21.3 Å². The molecule has 1 aliphatic heterocycles. The maximum absolute atomic E-state index is 5.73. The molecule has 0 spiro atoms. The van der Waals surface area contributed by atoms with Crippen molar-refractivity contribution in [3.05, 3.63) is 0 Å². The normalized spacial score (nSPS) is 27.7. The average molecular weight is 209 g/mol. The van der Waals surface area contributed by atoms with Crippen molar-refractivity contribution in [3.63, 3.8) is 0 Å². The second-order valence-corrected chi connectivity index (χ2v) is 5.29. The van der Waals surface area contributed by atoms with Gasteiger partial charge in [0, 0.05) is 12.6 Å². The third kappa shape index (κ3) is 3.85. The fraction of sp³-hybridized carbons (Fsp3) is 0.846. The van der Waals surface area contributed by atoms with Crippen LogP contribution in [0.3, 0.4) is 0 Å². The number of ether oxygens (including phenoxy) is 1. The molecule has 0 aromatic rings. The van der Waals surface area contributed by atoms with Crippen molar-refractivity contribution in [1.82, 2.24) is 5.32 Å². The Morgan fingerprint density at radius 1 is 1.47 bits per heavy atom. The van der Waals surface area contributed by atoms with E-state index < -0.39 is 0 Å². The Balaban J connectivity index is 2.47. The molecule has 0 aromatic carbocycles. The molecule has 1 saturated heterocycles. The lowest BCUT2D eigenvalue weighted by atomic mass is 9.93. The Labute approximate surface area is 93.8 Å². The van der Waals surface area contributed by atoms with Crippen molar-refractivity contribution in [3.8, 4) is 12.3 Å². The standard InChI is InChI=1S/C13H23NO/c1-6-13(4,5)14-11-7-8-15-12(9-11)10(2)3/h1,10-12,14H,7-9H2,2-5H3. The lowest BCUT2D eigenvalue weighted by molar-refractivity contribution is -0.0266. The molecule has 0 radical (unpaired) electrons. The number of hydrogen-bond acceptors (Lipinski definition) is 2. The van der Waals surface area contributed by atoms with Crippen LogP contribution >= 0.6 is 0 Å². The highest BCUT2D eigenvalue weighted by Gasteiger charge is 2.28. The summed E-state index contributed by atoms with van der Waals surface area (Å²) in [4.78, 5) is 0. The number of rotatable bonds is 3. The predicted octanol–water partition coefficient (Wildman–Crippen LogP) is 2.19. The van der Waals surface area contributed by atoms with E-state index in [1.807, 2.05) is 13.8 Å². The summed E-state index contributed by atoms with van der Waals surface area (Å²) < 4.78 is 5.73. The molecule has 0 amide bonds. The first-order valence-corrected chi connectivity index (χ1v) is 5.81. The Morgan fingerprint density at radius 2 is 2.13 bits per heavy atom. The first-order chi connectivity index (χ1) is 6.94. The van der Waals surface area contributed by atoms with Crippen LogP contribution in [0.4, 0.5) is 0 Å². The van der Waals surface area contributed by atoms with Crippen LogP contribution in [0, 0.1) is 18.3 Å². The van der Waals surface area contributed by atoms with E-state index in [1.165, 1.54) is 0 Å². The minimum atomic E-state index is -0.205. The summed E-state index contributed by atoms with van der Waals surface area (Å²) in [5.74, 6) is 3.37. The third-order valence-electron chi connectivity index (χ3n) is 2.98. The minimum Gasteiger partial charge on any atom is -0.378 e. The highest BCUT2D eigenvalue weighted by molar-refractivity contribution is 5.08. The lowest BCUT2D eigenvalue weighted by Crippen LogP contribution is -2.49. The first kappa shape index (κ1) is 12.5. The number of nitrogens with one attached hydrogen (secondary N) is 1. The Kier molecular flexibility index (Phi) is 4.19. The van der Waals surface area contributed by atoms with E-state index in [4.69, 9.17) is 11.2 Å². The first-order valence-electron chi connectivity index (χ1n) is 5.81. The summed E-state index contributed by atoms with van der Waals surface area (Å²) in [5, 5.41) is 3.51. The Bertz CT molecular complexity index is 239. The lowest BCUT2D eigenvalue weighted by Gasteiger charge is -2.36. The molecule has 2 nitrogen and oxygen atoms in total. The van der Waals surface area contributed by atoms with E-state index in [0.717, 1.165) is 19.4 Å². The van der Waals surface area contributed by atoms with Crippen LogP contribution in [0.1, 0.15) is 40.5 Å². The van der Waals surface area contributed by atoms with Gasteiger partial charge in [-0.25, -0.2) is 0 Å². The van der Waals surface area contributed by atoms with Gasteiger partial charge in [0.2, 0.25) is 0 Å². The average Bonchev–Trinajstić information content (AvgIpc) is 2.17. The van der Waals surface area contributed by atoms with Gasteiger partial charge < -0.3 is 4.74 Å². The zero-order valence-electron chi connectivity index (χ0n) is 10.3. The second-order valence-electron chi connectivity index (χ2n) is 5.29. The van der Waals surface area contributed by atoms with Crippen molar-refractivity contribution >= 4 is 0 Å². The van der Waals surface area contributed by atoms with Gasteiger partial charge in [-0.05, 0) is 32.6 Å². The number of hydrogen-bond donors (Lipinski definition) is 1. The molecule has 1 fully saturated rings. The van der Waals surface area contributed by atoms with Crippen molar-refractivity contribution in [2.75, 3.05) is 6.61 Å². The van der Waals surface area contributed by atoms with Gasteiger partial charge in [-0.3, -0.25) is 5.32 Å².